The Hall–Kier alpha value is -5.50. The maximum Gasteiger partial charge on any atom is 0.175 e. The molecule has 8 aromatic rings. The highest BCUT2D eigenvalue weighted by Crippen LogP contribution is 2.54. The molecule has 7 aromatic carbocycles. The minimum atomic E-state index is -3.35. The minimum Gasteiger partial charge on any atom is -0.308 e. The van der Waals surface area contributed by atoms with Crippen molar-refractivity contribution in [2.45, 2.75) is 0 Å². The zero-order chi connectivity index (χ0) is 29.7. The highest BCUT2D eigenvalue weighted by molar-refractivity contribution is 7.86. The van der Waals surface area contributed by atoms with E-state index in [9.17, 15) is 0 Å². The summed E-state index contributed by atoms with van der Waals surface area (Å²) in [6.45, 7) is 0. The van der Waals surface area contributed by atoms with Crippen molar-refractivity contribution in [2.24, 2.45) is 0 Å². The highest BCUT2D eigenvalue weighted by Gasteiger charge is 2.42. The third-order valence-corrected chi connectivity index (χ3v) is 12.7. The van der Waals surface area contributed by atoms with Crippen LogP contribution in [0.5, 0.6) is 0 Å². The zero-order valence-corrected chi connectivity index (χ0v) is 25.1. The molecule has 3 nitrogen and oxygen atoms in total. The molecule has 0 saturated carbocycles. The monoisotopic (exact) mass is 592 g/mol. The van der Waals surface area contributed by atoms with Crippen LogP contribution in [-0.2, 0) is 4.57 Å². The summed E-state index contributed by atoms with van der Waals surface area (Å²) in [5.74, 6) is 0.853. The smallest absolute Gasteiger partial charge is 0.175 e. The fourth-order valence-electron chi connectivity index (χ4n) is 7.71. The van der Waals surface area contributed by atoms with Gasteiger partial charge in [-0.05, 0) is 62.4 Å². The lowest BCUT2D eigenvalue weighted by Gasteiger charge is -2.31. The molecule has 1 atom stereocenters. The van der Waals surface area contributed by atoms with E-state index >= 15 is 4.57 Å². The van der Waals surface area contributed by atoms with Gasteiger partial charge in [-0.15, -0.1) is 0 Å². The van der Waals surface area contributed by atoms with Crippen LogP contribution in [0.3, 0.4) is 0 Å². The molecule has 0 saturated heterocycles. The van der Waals surface area contributed by atoms with E-state index in [2.05, 4.69) is 89.5 Å². The van der Waals surface area contributed by atoms with Crippen molar-refractivity contribution in [2.75, 3.05) is 0 Å². The summed E-state index contributed by atoms with van der Waals surface area (Å²) in [7, 11) is -3.35. The van der Waals surface area contributed by atoms with Crippen LogP contribution >= 0.6 is 7.14 Å². The zero-order valence-electron chi connectivity index (χ0n) is 24.2. The van der Waals surface area contributed by atoms with Gasteiger partial charge >= 0.3 is 0 Å². The van der Waals surface area contributed by atoms with Crippen LogP contribution in [0.15, 0.2) is 152 Å². The van der Waals surface area contributed by atoms with Gasteiger partial charge in [-0.1, -0.05) is 133 Å². The molecule has 2 aliphatic rings. The fourth-order valence-corrected chi connectivity index (χ4v) is 10.9. The van der Waals surface area contributed by atoms with Crippen LogP contribution in [0.4, 0.5) is 0 Å². The molecule has 0 fully saturated rings. The van der Waals surface area contributed by atoms with E-state index in [4.69, 9.17) is 4.98 Å². The van der Waals surface area contributed by atoms with Crippen LogP contribution in [0.25, 0.3) is 72.3 Å². The number of nitrogens with zero attached hydrogens (tertiary/aromatic N) is 2. The molecular weight excluding hydrogens is 567 g/mol. The fraction of sp³-hybridized carbons (Fsp3) is 0. The lowest BCUT2D eigenvalue weighted by Crippen LogP contribution is -2.34. The van der Waals surface area contributed by atoms with Gasteiger partial charge < -0.3 is 4.57 Å². The molecule has 210 valence electrons. The van der Waals surface area contributed by atoms with Crippen molar-refractivity contribution in [3.8, 4) is 50.5 Å². The topological polar surface area (TPSA) is 34.9 Å². The molecule has 4 heteroatoms. The van der Waals surface area contributed by atoms with Gasteiger partial charge in [-0.25, -0.2) is 4.98 Å². The number of hydrogen-bond donors (Lipinski definition) is 0. The van der Waals surface area contributed by atoms with Crippen LogP contribution in [0.2, 0.25) is 0 Å². The van der Waals surface area contributed by atoms with E-state index < -0.39 is 7.14 Å². The number of aromatic nitrogens is 2. The third kappa shape index (κ3) is 3.21. The second kappa shape index (κ2) is 9.01. The predicted molar refractivity (Wildman–Crippen MR) is 187 cm³/mol. The largest absolute Gasteiger partial charge is 0.308 e. The lowest BCUT2D eigenvalue weighted by atomic mass is 9.94. The summed E-state index contributed by atoms with van der Waals surface area (Å²) in [4.78, 5) is 5.16. The number of para-hydroxylation sites is 1. The average Bonchev–Trinajstić information content (AvgIpc) is 3.66. The van der Waals surface area contributed by atoms with Crippen molar-refractivity contribution in [3.63, 3.8) is 0 Å². The first-order valence-corrected chi connectivity index (χ1v) is 17.0. The SMILES string of the molecule is O=P1(c2ccccc2)c2c(-c3ccc4c5c(cccc35)-c3ccccc3-4)cccc2-n2c(-c3ccccc3)nc3cccc1c32. The normalized spacial score (nSPS) is 15.7. The Bertz CT molecular complexity index is 2540. The van der Waals surface area contributed by atoms with Gasteiger partial charge in [0.2, 0.25) is 0 Å². The summed E-state index contributed by atoms with van der Waals surface area (Å²) in [5.41, 5.74) is 10.8. The van der Waals surface area contributed by atoms with Gasteiger partial charge in [0.05, 0.1) is 22.0 Å². The van der Waals surface area contributed by atoms with Crippen LogP contribution < -0.4 is 15.9 Å². The van der Waals surface area contributed by atoms with Crippen LogP contribution in [-0.4, -0.2) is 9.55 Å². The quantitative estimate of drug-likeness (QED) is 0.192. The maximum atomic E-state index is 16.2. The molecule has 1 aliphatic heterocycles. The number of rotatable bonds is 3. The standard InChI is InChI=1S/C41H25N2OP/c44-45(27-14-5-2-6-15-27)37-23-11-21-35-39(37)43(41(42-35)26-12-3-1-4-13-26)36-22-10-20-34(40(36)45)30-24-25-33-29-17-8-7-16-28(29)31-18-9-19-32(30)38(31)33/h1-25H. The Morgan fingerprint density at radius 1 is 0.511 bits per heavy atom. The number of imidazole rings is 1. The first-order chi connectivity index (χ1) is 22.2. The molecule has 1 aliphatic carbocycles. The van der Waals surface area contributed by atoms with E-state index in [0.717, 1.165) is 55.1 Å². The van der Waals surface area contributed by atoms with Crippen molar-refractivity contribution in [3.05, 3.63) is 152 Å². The molecule has 0 amide bonds. The first-order valence-electron chi connectivity index (χ1n) is 15.3. The Morgan fingerprint density at radius 3 is 1.93 bits per heavy atom. The van der Waals surface area contributed by atoms with Crippen molar-refractivity contribution >= 4 is 44.9 Å². The number of hydrogen-bond acceptors (Lipinski definition) is 2. The first kappa shape index (κ1) is 24.9. The predicted octanol–water partition coefficient (Wildman–Crippen LogP) is 9.11. The van der Waals surface area contributed by atoms with Crippen LogP contribution in [0.1, 0.15) is 0 Å². The summed E-state index contributed by atoms with van der Waals surface area (Å²) < 4.78 is 18.5. The van der Waals surface area contributed by atoms with Crippen LogP contribution in [0, 0.1) is 0 Å². The van der Waals surface area contributed by atoms with E-state index in [0.29, 0.717) is 0 Å². The summed E-state index contributed by atoms with van der Waals surface area (Å²) in [5, 5.41) is 4.96. The molecule has 10 rings (SSSR count). The van der Waals surface area contributed by atoms with Crippen molar-refractivity contribution in [1.29, 1.82) is 0 Å². The van der Waals surface area contributed by atoms with Crippen molar-refractivity contribution < 1.29 is 4.57 Å². The molecule has 45 heavy (non-hydrogen) atoms. The Balaban J connectivity index is 1.36. The van der Waals surface area contributed by atoms with Crippen molar-refractivity contribution in [1.82, 2.24) is 9.55 Å². The second-order valence-corrected chi connectivity index (χ2v) is 14.5. The Labute approximate surface area is 260 Å². The van der Waals surface area contributed by atoms with E-state index in [-0.39, 0.29) is 0 Å². The number of fused-ring (bicyclic) bond motifs is 5. The van der Waals surface area contributed by atoms with Gasteiger partial charge in [0, 0.05) is 16.2 Å². The summed E-state index contributed by atoms with van der Waals surface area (Å²) in [6, 6.07) is 52.5. The van der Waals surface area contributed by atoms with Gasteiger partial charge in [0.15, 0.2) is 7.14 Å². The van der Waals surface area contributed by atoms with Gasteiger partial charge in [-0.3, -0.25) is 4.57 Å². The lowest BCUT2D eigenvalue weighted by molar-refractivity contribution is 0.592. The van der Waals surface area contributed by atoms with E-state index in [1.165, 1.54) is 33.0 Å². The average molecular weight is 593 g/mol. The molecule has 0 spiro atoms. The summed E-state index contributed by atoms with van der Waals surface area (Å²) in [6.07, 6.45) is 0. The summed E-state index contributed by atoms with van der Waals surface area (Å²) >= 11 is 0. The van der Waals surface area contributed by atoms with Gasteiger partial charge in [0.1, 0.15) is 5.82 Å². The van der Waals surface area contributed by atoms with E-state index in [1.807, 2.05) is 66.7 Å². The molecule has 0 bridgehead atoms. The molecule has 2 heterocycles. The highest BCUT2D eigenvalue weighted by atomic mass is 31.2. The van der Waals surface area contributed by atoms with Gasteiger partial charge in [0.25, 0.3) is 0 Å². The van der Waals surface area contributed by atoms with Gasteiger partial charge in [-0.2, -0.15) is 0 Å². The van der Waals surface area contributed by atoms with E-state index in [1.54, 1.807) is 0 Å². The minimum absolute atomic E-state index is 0.832. The Kier molecular flexibility index (Phi) is 4.99. The third-order valence-electron chi connectivity index (χ3n) is 9.55. The molecular formula is C41H25N2OP. The molecule has 1 unspecified atom stereocenters. The molecule has 1 aromatic heterocycles. The number of benzene rings is 7. The Morgan fingerprint density at radius 2 is 1.13 bits per heavy atom. The second-order valence-electron chi connectivity index (χ2n) is 11.8. The maximum absolute atomic E-state index is 16.2. The molecule has 0 N–H and O–H groups in total. The molecule has 0 radical (unpaired) electrons.